The third-order valence-corrected chi connectivity index (χ3v) is 5.15. The van der Waals surface area contributed by atoms with Crippen molar-refractivity contribution in [2.75, 3.05) is 0 Å². The highest BCUT2D eigenvalue weighted by atomic mass is 16.5. The summed E-state index contributed by atoms with van der Waals surface area (Å²) in [5.74, 6) is 2.37. The third kappa shape index (κ3) is 2.95. The van der Waals surface area contributed by atoms with Gasteiger partial charge in [0.2, 0.25) is 5.91 Å². The first-order chi connectivity index (χ1) is 12.8. The molecule has 0 aromatic carbocycles. The molecule has 1 N–H and O–H groups in total. The van der Waals surface area contributed by atoms with E-state index < -0.39 is 0 Å². The summed E-state index contributed by atoms with van der Waals surface area (Å²) >= 11 is 0. The number of amides is 1. The van der Waals surface area contributed by atoms with Gasteiger partial charge in [-0.2, -0.15) is 4.98 Å². The molecule has 0 bridgehead atoms. The fraction of sp³-hybridized carbons (Fsp3) is 0.500. The molecule has 0 saturated heterocycles. The van der Waals surface area contributed by atoms with Crippen LogP contribution in [-0.2, 0) is 11.2 Å². The van der Waals surface area contributed by atoms with Crippen LogP contribution in [0, 0.1) is 0 Å². The molecule has 2 fully saturated rings. The molecule has 8 nitrogen and oxygen atoms in total. The molecule has 3 aromatic rings. The van der Waals surface area contributed by atoms with Crippen LogP contribution >= 0.6 is 0 Å². The molecule has 8 heteroatoms. The fourth-order valence-electron chi connectivity index (χ4n) is 3.55. The molecule has 1 amide bonds. The summed E-state index contributed by atoms with van der Waals surface area (Å²) in [7, 11) is 0. The Hall–Kier alpha value is -2.77. The molecular formula is C18H20N6O2. The average molecular weight is 352 g/mol. The molecule has 26 heavy (non-hydrogen) atoms. The van der Waals surface area contributed by atoms with Crippen LogP contribution in [0.25, 0.3) is 17.1 Å². The summed E-state index contributed by atoms with van der Waals surface area (Å²) in [6.07, 6.45) is 8.88. The van der Waals surface area contributed by atoms with Gasteiger partial charge in [-0.25, -0.2) is 0 Å². The second-order valence-electron chi connectivity index (χ2n) is 7.22. The SMILES string of the molecule is O=C(Cc1nnc2cc(-c3nc(C4CC4)no3)ccn12)NC1CCCC1. The van der Waals surface area contributed by atoms with E-state index in [0.717, 1.165) is 37.1 Å². The Labute approximate surface area is 150 Å². The molecule has 2 saturated carbocycles. The summed E-state index contributed by atoms with van der Waals surface area (Å²) in [5, 5.41) is 15.5. The molecular weight excluding hydrogens is 332 g/mol. The predicted molar refractivity (Wildman–Crippen MR) is 92.4 cm³/mol. The highest BCUT2D eigenvalue weighted by Crippen LogP contribution is 2.38. The van der Waals surface area contributed by atoms with E-state index in [1.165, 1.54) is 12.8 Å². The van der Waals surface area contributed by atoms with Gasteiger partial charge in [-0.05, 0) is 37.8 Å². The molecule has 3 aromatic heterocycles. The zero-order chi connectivity index (χ0) is 17.5. The van der Waals surface area contributed by atoms with Crippen LogP contribution in [0.4, 0.5) is 0 Å². The van der Waals surface area contributed by atoms with Crippen molar-refractivity contribution in [2.24, 2.45) is 0 Å². The summed E-state index contributed by atoms with van der Waals surface area (Å²) in [5.41, 5.74) is 1.48. The minimum atomic E-state index is 0.00116. The second kappa shape index (κ2) is 6.19. The number of aromatic nitrogens is 5. The molecule has 2 aliphatic rings. The number of nitrogens with zero attached hydrogens (tertiary/aromatic N) is 5. The van der Waals surface area contributed by atoms with E-state index in [2.05, 4.69) is 25.7 Å². The van der Waals surface area contributed by atoms with E-state index in [4.69, 9.17) is 4.52 Å². The Morgan fingerprint density at radius 2 is 2.08 bits per heavy atom. The van der Waals surface area contributed by atoms with Crippen molar-refractivity contribution in [3.8, 4) is 11.5 Å². The van der Waals surface area contributed by atoms with Gasteiger partial charge in [0.25, 0.3) is 5.89 Å². The largest absolute Gasteiger partial charge is 0.353 e. The second-order valence-corrected chi connectivity index (χ2v) is 7.22. The van der Waals surface area contributed by atoms with E-state index in [1.807, 2.05) is 22.7 Å². The number of carbonyl (C=O) groups excluding carboxylic acids is 1. The van der Waals surface area contributed by atoms with Gasteiger partial charge in [0.1, 0.15) is 5.82 Å². The third-order valence-electron chi connectivity index (χ3n) is 5.15. The van der Waals surface area contributed by atoms with Gasteiger partial charge in [-0.1, -0.05) is 18.0 Å². The fourth-order valence-corrected chi connectivity index (χ4v) is 3.55. The van der Waals surface area contributed by atoms with Gasteiger partial charge in [-0.15, -0.1) is 10.2 Å². The highest BCUT2D eigenvalue weighted by molar-refractivity contribution is 5.78. The average Bonchev–Trinajstić information content (AvgIpc) is 3.04. The highest BCUT2D eigenvalue weighted by Gasteiger charge is 2.29. The quantitative estimate of drug-likeness (QED) is 0.756. The summed E-state index contributed by atoms with van der Waals surface area (Å²) < 4.78 is 7.19. The first kappa shape index (κ1) is 15.5. The van der Waals surface area contributed by atoms with Crippen molar-refractivity contribution in [3.63, 3.8) is 0 Å². The molecule has 0 radical (unpaired) electrons. The number of carbonyl (C=O) groups is 1. The van der Waals surface area contributed by atoms with Crippen molar-refractivity contribution < 1.29 is 9.32 Å². The van der Waals surface area contributed by atoms with Crippen LogP contribution in [0.1, 0.15) is 56.1 Å². The summed E-state index contributed by atoms with van der Waals surface area (Å²) in [6, 6.07) is 4.06. The minimum absolute atomic E-state index is 0.00116. The van der Waals surface area contributed by atoms with Gasteiger partial charge in [0, 0.05) is 23.7 Å². The topological polar surface area (TPSA) is 98.2 Å². The Balaban J connectivity index is 1.34. The number of hydrogen-bond acceptors (Lipinski definition) is 6. The lowest BCUT2D eigenvalue weighted by atomic mass is 10.2. The zero-order valence-electron chi connectivity index (χ0n) is 14.4. The predicted octanol–water partition coefficient (Wildman–Crippen LogP) is 2.26. The monoisotopic (exact) mass is 352 g/mol. The molecule has 0 aliphatic heterocycles. The van der Waals surface area contributed by atoms with Crippen LogP contribution in [0.2, 0.25) is 0 Å². The molecule has 0 atom stereocenters. The standard InChI is InChI=1S/C18H20N6O2/c25-16(19-13-3-1-2-4-13)10-15-22-21-14-9-12(7-8-24(14)15)18-20-17(23-26-18)11-5-6-11/h7-9,11,13H,1-6,10H2,(H,19,25). The maximum atomic E-state index is 12.2. The number of pyridine rings is 1. The Bertz CT molecular complexity index is 952. The normalized spacial score (nSPS) is 17.8. The van der Waals surface area contributed by atoms with Crippen LogP contribution < -0.4 is 5.32 Å². The van der Waals surface area contributed by atoms with Gasteiger partial charge in [-0.3, -0.25) is 9.20 Å². The summed E-state index contributed by atoms with van der Waals surface area (Å²) in [6.45, 7) is 0. The molecule has 5 rings (SSSR count). The molecule has 0 spiro atoms. The number of fused-ring (bicyclic) bond motifs is 1. The minimum Gasteiger partial charge on any atom is -0.353 e. The van der Waals surface area contributed by atoms with Gasteiger partial charge in [0.15, 0.2) is 11.5 Å². The first-order valence-corrected chi connectivity index (χ1v) is 9.23. The van der Waals surface area contributed by atoms with Gasteiger partial charge < -0.3 is 9.84 Å². The molecule has 134 valence electrons. The van der Waals surface area contributed by atoms with E-state index in [-0.39, 0.29) is 12.3 Å². The Morgan fingerprint density at radius 1 is 1.23 bits per heavy atom. The van der Waals surface area contributed by atoms with Crippen molar-refractivity contribution in [2.45, 2.75) is 56.9 Å². The summed E-state index contributed by atoms with van der Waals surface area (Å²) in [4.78, 5) is 16.7. The molecule has 3 heterocycles. The van der Waals surface area contributed by atoms with Crippen molar-refractivity contribution in [1.29, 1.82) is 0 Å². The molecule has 2 aliphatic carbocycles. The van der Waals surface area contributed by atoms with E-state index in [9.17, 15) is 4.79 Å². The van der Waals surface area contributed by atoms with E-state index >= 15 is 0 Å². The number of hydrogen-bond donors (Lipinski definition) is 1. The lowest BCUT2D eigenvalue weighted by molar-refractivity contribution is -0.121. The van der Waals surface area contributed by atoms with Gasteiger partial charge in [0.05, 0.1) is 6.42 Å². The van der Waals surface area contributed by atoms with E-state index in [1.54, 1.807) is 0 Å². The van der Waals surface area contributed by atoms with E-state index in [0.29, 0.717) is 29.3 Å². The van der Waals surface area contributed by atoms with Crippen molar-refractivity contribution >= 4 is 11.6 Å². The lowest BCUT2D eigenvalue weighted by Gasteiger charge is -2.11. The van der Waals surface area contributed by atoms with Crippen LogP contribution in [0.3, 0.4) is 0 Å². The van der Waals surface area contributed by atoms with Crippen molar-refractivity contribution in [1.82, 2.24) is 30.1 Å². The van der Waals surface area contributed by atoms with Crippen LogP contribution in [-0.4, -0.2) is 36.7 Å². The smallest absolute Gasteiger partial charge is 0.258 e. The molecule has 0 unspecified atom stereocenters. The van der Waals surface area contributed by atoms with Crippen LogP contribution in [0.5, 0.6) is 0 Å². The number of nitrogens with one attached hydrogen (secondary N) is 1. The Kier molecular flexibility index (Phi) is 3.69. The van der Waals surface area contributed by atoms with Crippen LogP contribution in [0.15, 0.2) is 22.9 Å². The maximum Gasteiger partial charge on any atom is 0.258 e. The number of rotatable bonds is 5. The maximum absolute atomic E-state index is 12.2. The van der Waals surface area contributed by atoms with Gasteiger partial charge >= 0.3 is 0 Å². The van der Waals surface area contributed by atoms with Crippen molar-refractivity contribution in [3.05, 3.63) is 30.0 Å². The zero-order valence-corrected chi connectivity index (χ0v) is 14.4. The lowest BCUT2D eigenvalue weighted by Crippen LogP contribution is -2.34. The Morgan fingerprint density at radius 3 is 2.88 bits per heavy atom. The first-order valence-electron chi connectivity index (χ1n) is 9.23.